The Morgan fingerprint density at radius 2 is 1.51 bits per heavy atom. The van der Waals surface area contributed by atoms with E-state index in [-0.39, 0.29) is 12.1 Å². The molecule has 0 fully saturated rings. The number of ether oxygens (including phenoxy) is 5. The normalized spacial score (nSPS) is 21.6. The lowest BCUT2D eigenvalue weighted by molar-refractivity contribution is 0.218. The van der Waals surface area contributed by atoms with Gasteiger partial charge in [-0.2, -0.15) is 0 Å². The molecule has 234 valence electrons. The molecule has 3 aromatic carbocycles. The topological polar surface area (TPSA) is 52.6 Å². The first kappa shape index (κ1) is 29.5. The van der Waals surface area contributed by atoms with Gasteiger partial charge in [0.25, 0.3) is 0 Å². The number of hydrogen-bond donors (Lipinski definition) is 0. The van der Waals surface area contributed by atoms with E-state index < -0.39 is 0 Å². The standard InChI is InChI=1S/C38H42N2O5/c1-39-15-13-26-20-30(41-3)22-31-23-32(26)33(39)18-24-9-11-28(12-10-24)44-29-8-6-7-25(17-29)19-34-36-27(14-16-40(34)2)21-35(42-4)37(43-5)38(36)45-31/h6-12,17,20-21,23,33-34H,13-16,18-19,22H2,1-5H3. The molecule has 6 bridgehead atoms. The first-order valence-electron chi connectivity index (χ1n) is 15.8. The maximum Gasteiger partial charge on any atom is 0.204 e. The van der Waals surface area contributed by atoms with Gasteiger partial charge in [-0.25, -0.2) is 0 Å². The maximum absolute atomic E-state index is 7.09. The van der Waals surface area contributed by atoms with Crippen LogP contribution in [-0.4, -0.2) is 64.4 Å². The van der Waals surface area contributed by atoms with Gasteiger partial charge in [-0.15, -0.1) is 0 Å². The predicted octanol–water partition coefficient (Wildman–Crippen LogP) is 7.02. The third-order valence-electron chi connectivity index (χ3n) is 9.76. The van der Waals surface area contributed by atoms with Crippen LogP contribution in [0.1, 0.15) is 41.1 Å². The molecule has 2 unspecified atom stereocenters. The highest BCUT2D eigenvalue weighted by Gasteiger charge is 2.34. The number of methoxy groups -OCH3 is 3. The van der Waals surface area contributed by atoms with Crippen LogP contribution in [0.5, 0.6) is 28.7 Å². The Balaban J connectivity index is 1.45. The Morgan fingerprint density at radius 1 is 0.733 bits per heavy atom. The molecule has 4 heterocycles. The van der Waals surface area contributed by atoms with Crippen LogP contribution in [0.4, 0.5) is 0 Å². The lowest BCUT2D eigenvalue weighted by Gasteiger charge is -2.37. The molecule has 2 atom stereocenters. The number of hydrogen-bond acceptors (Lipinski definition) is 7. The van der Waals surface area contributed by atoms with E-state index in [1.807, 2.05) is 6.07 Å². The summed E-state index contributed by atoms with van der Waals surface area (Å²) in [5.41, 5.74) is 7.39. The van der Waals surface area contributed by atoms with Crippen molar-refractivity contribution in [3.63, 3.8) is 0 Å². The van der Waals surface area contributed by atoms with Crippen LogP contribution in [0, 0.1) is 0 Å². The second-order valence-electron chi connectivity index (χ2n) is 12.5. The summed E-state index contributed by atoms with van der Waals surface area (Å²) in [6, 6.07) is 19.3. The van der Waals surface area contributed by atoms with E-state index in [0.717, 1.165) is 73.1 Å². The lowest BCUT2D eigenvalue weighted by Crippen LogP contribution is -2.39. The van der Waals surface area contributed by atoms with Crippen molar-refractivity contribution in [3.8, 4) is 28.7 Å². The van der Waals surface area contributed by atoms with Crippen molar-refractivity contribution in [3.05, 3.63) is 112 Å². The number of benzene rings is 3. The predicted molar refractivity (Wildman–Crippen MR) is 175 cm³/mol. The third kappa shape index (κ3) is 5.71. The van der Waals surface area contributed by atoms with E-state index in [1.54, 1.807) is 21.3 Å². The van der Waals surface area contributed by atoms with E-state index >= 15 is 0 Å². The molecule has 0 radical (unpaired) electrons. The molecule has 8 rings (SSSR count). The second-order valence-corrected chi connectivity index (χ2v) is 12.5. The molecule has 0 saturated carbocycles. The van der Waals surface area contributed by atoms with Gasteiger partial charge in [0.2, 0.25) is 5.75 Å². The van der Waals surface area contributed by atoms with Gasteiger partial charge in [0, 0.05) is 30.7 Å². The van der Waals surface area contributed by atoms with E-state index in [0.29, 0.717) is 17.9 Å². The largest absolute Gasteiger partial charge is 0.501 e. The van der Waals surface area contributed by atoms with Gasteiger partial charge < -0.3 is 23.7 Å². The minimum atomic E-state index is 0.0594. The van der Waals surface area contributed by atoms with Crippen molar-refractivity contribution >= 4 is 0 Å². The van der Waals surface area contributed by atoms with Gasteiger partial charge in [-0.1, -0.05) is 24.3 Å². The maximum atomic E-state index is 7.09. The summed E-state index contributed by atoms with van der Waals surface area (Å²) in [4.78, 5) is 4.87. The number of rotatable bonds is 3. The summed E-state index contributed by atoms with van der Waals surface area (Å²) in [6.45, 7) is 1.91. The summed E-state index contributed by atoms with van der Waals surface area (Å²) >= 11 is 0. The van der Waals surface area contributed by atoms with Crippen molar-refractivity contribution < 1.29 is 23.7 Å². The Morgan fingerprint density at radius 3 is 2.29 bits per heavy atom. The highest BCUT2D eigenvalue weighted by atomic mass is 16.5. The monoisotopic (exact) mass is 606 g/mol. The Bertz CT molecular complexity index is 1690. The van der Waals surface area contributed by atoms with Crippen LogP contribution in [0.2, 0.25) is 0 Å². The molecule has 5 aliphatic rings. The second kappa shape index (κ2) is 12.3. The quantitative estimate of drug-likeness (QED) is 0.318. The molecule has 7 heteroatoms. The van der Waals surface area contributed by atoms with Gasteiger partial charge in [0.1, 0.15) is 23.0 Å². The number of allylic oxidation sites excluding steroid dienone is 1. The SMILES string of the molecule is COC1=CC2=C3C=C(C1)Oc1c(OC)c(OC)cc4c1C(Cc1cccc(c1)Oc1ccc(cc1)CC3N(C)CC2)N(C)CC4. The molecule has 0 spiro atoms. The van der Waals surface area contributed by atoms with Crippen LogP contribution in [0.3, 0.4) is 0 Å². The van der Waals surface area contributed by atoms with Gasteiger partial charge in [-0.3, -0.25) is 9.80 Å². The van der Waals surface area contributed by atoms with Crippen molar-refractivity contribution in [1.82, 2.24) is 9.80 Å². The number of likely N-dealkylation sites (N-methyl/N-ethyl adjacent to an activating group) is 2. The summed E-state index contributed by atoms with van der Waals surface area (Å²) in [7, 11) is 9.54. The van der Waals surface area contributed by atoms with Crippen molar-refractivity contribution in [2.45, 2.75) is 44.2 Å². The van der Waals surface area contributed by atoms with Gasteiger partial charge in [0.05, 0.1) is 27.8 Å². The zero-order valence-corrected chi connectivity index (χ0v) is 26.9. The van der Waals surface area contributed by atoms with Crippen molar-refractivity contribution in [2.75, 3.05) is 48.5 Å². The Labute approximate surface area is 266 Å². The van der Waals surface area contributed by atoms with Gasteiger partial charge >= 0.3 is 0 Å². The summed E-state index contributed by atoms with van der Waals surface area (Å²) < 4.78 is 31.3. The molecular weight excluding hydrogens is 564 g/mol. The average Bonchev–Trinajstić information content (AvgIpc) is 3.23. The third-order valence-corrected chi connectivity index (χ3v) is 9.76. The summed E-state index contributed by atoms with van der Waals surface area (Å²) in [5, 5.41) is 0. The highest BCUT2D eigenvalue weighted by Crippen LogP contribution is 2.49. The zero-order chi connectivity index (χ0) is 31.1. The van der Waals surface area contributed by atoms with Crippen LogP contribution >= 0.6 is 0 Å². The number of nitrogens with zero attached hydrogens (tertiary/aromatic N) is 2. The molecule has 1 aliphatic carbocycles. The van der Waals surface area contributed by atoms with Crippen molar-refractivity contribution in [1.29, 1.82) is 0 Å². The van der Waals surface area contributed by atoms with E-state index in [9.17, 15) is 0 Å². The minimum Gasteiger partial charge on any atom is -0.501 e. The van der Waals surface area contributed by atoms with E-state index in [4.69, 9.17) is 23.7 Å². The molecule has 0 amide bonds. The van der Waals surface area contributed by atoms with Crippen LogP contribution in [0.25, 0.3) is 0 Å². The van der Waals surface area contributed by atoms with Crippen LogP contribution in [0.15, 0.2) is 89.4 Å². The van der Waals surface area contributed by atoms with Crippen LogP contribution < -0.4 is 18.9 Å². The molecule has 45 heavy (non-hydrogen) atoms. The Hall–Kier alpha value is -4.20. The van der Waals surface area contributed by atoms with E-state index in [2.05, 4.69) is 84.6 Å². The summed E-state index contributed by atoms with van der Waals surface area (Å²) in [6.07, 6.45) is 8.53. The molecule has 3 aromatic rings. The Kier molecular flexibility index (Phi) is 8.06. The molecule has 0 N–H and O–H groups in total. The fourth-order valence-electron chi connectivity index (χ4n) is 7.27. The van der Waals surface area contributed by atoms with Gasteiger partial charge in [-0.05, 0) is 110 Å². The first-order chi connectivity index (χ1) is 21.9. The van der Waals surface area contributed by atoms with E-state index in [1.165, 1.54) is 27.8 Å². The zero-order valence-electron chi connectivity index (χ0n) is 26.9. The fraction of sp³-hybridized carbons (Fsp3) is 0.368. The fourth-order valence-corrected chi connectivity index (χ4v) is 7.27. The molecular formula is C38H42N2O5. The average molecular weight is 607 g/mol. The molecule has 0 aromatic heterocycles. The van der Waals surface area contributed by atoms with Gasteiger partial charge in [0.15, 0.2) is 11.5 Å². The lowest BCUT2D eigenvalue weighted by atomic mass is 9.87. The number of fused-ring (bicyclic) bond motifs is 2. The van der Waals surface area contributed by atoms with Crippen LogP contribution in [-0.2, 0) is 24.0 Å². The summed E-state index contributed by atoms with van der Waals surface area (Å²) in [5.74, 6) is 5.41. The first-order valence-corrected chi connectivity index (χ1v) is 15.8. The highest BCUT2D eigenvalue weighted by molar-refractivity contribution is 5.62. The smallest absolute Gasteiger partial charge is 0.204 e. The molecule has 4 aliphatic heterocycles. The molecule has 0 saturated heterocycles. The minimum absolute atomic E-state index is 0.0594. The van der Waals surface area contributed by atoms with Crippen molar-refractivity contribution in [2.24, 2.45) is 0 Å². The molecule has 7 nitrogen and oxygen atoms in total.